The van der Waals surface area contributed by atoms with Crippen molar-refractivity contribution >= 4 is 29.4 Å². The van der Waals surface area contributed by atoms with Crippen molar-refractivity contribution < 1.29 is 28.7 Å². The Hall–Kier alpha value is -4.46. The molecule has 0 saturated carbocycles. The molecule has 0 aliphatic heterocycles. The van der Waals surface area contributed by atoms with Crippen LogP contribution < -0.4 is 10.1 Å². The van der Waals surface area contributed by atoms with Crippen LogP contribution in [-0.2, 0) is 19.1 Å². The zero-order valence-electron chi connectivity index (χ0n) is 20.7. The number of likely N-dealkylation sites (N-methyl/N-ethyl adjacent to an activating group) is 1. The van der Waals surface area contributed by atoms with Crippen LogP contribution in [0.5, 0.6) is 5.75 Å². The quantitative estimate of drug-likeness (QED) is 0.378. The lowest BCUT2D eigenvalue weighted by Crippen LogP contribution is -2.37. The van der Waals surface area contributed by atoms with Gasteiger partial charge in [0, 0.05) is 19.7 Å². The van der Waals surface area contributed by atoms with Gasteiger partial charge in [0.25, 0.3) is 5.91 Å². The van der Waals surface area contributed by atoms with Gasteiger partial charge in [-0.05, 0) is 60.4 Å². The van der Waals surface area contributed by atoms with Crippen LogP contribution in [0.15, 0.2) is 66.7 Å². The fraction of sp³-hybridized carbons (Fsp3) is 0.214. The maximum Gasteiger partial charge on any atom is 0.338 e. The molecule has 3 aromatic carbocycles. The van der Waals surface area contributed by atoms with Gasteiger partial charge in [0.2, 0.25) is 5.91 Å². The summed E-state index contributed by atoms with van der Waals surface area (Å²) in [6.07, 6.45) is 0. The molecule has 0 fully saturated rings. The van der Waals surface area contributed by atoms with E-state index in [0.717, 1.165) is 27.9 Å². The Balaban J connectivity index is 1.50. The number of nitrogens with zero attached hydrogens (tertiary/aromatic N) is 1. The van der Waals surface area contributed by atoms with Crippen LogP contribution in [-0.4, -0.2) is 48.9 Å². The second kappa shape index (κ2) is 11.8. The first kappa shape index (κ1) is 26.2. The summed E-state index contributed by atoms with van der Waals surface area (Å²) in [5.74, 6) is -1.43. The molecule has 0 aromatic heterocycles. The highest BCUT2D eigenvalue weighted by atomic mass is 16.5. The third kappa shape index (κ3) is 7.02. The van der Waals surface area contributed by atoms with Crippen molar-refractivity contribution in [1.29, 1.82) is 0 Å². The van der Waals surface area contributed by atoms with Gasteiger partial charge in [0.05, 0.1) is 12.1 Å². The van der Waals surface area contributed by atoms with Crippen molar-refractivity contribution in [3.63, 3.8) is 0 Å². The second-order valence-electron chi connectivity index (χ2n) is 8.34. The lowest BCUT2D eigenvalue weighted by atomic mass is 10.0. The molecular weight excluding hydrogens is 460 g/mol. The molecular formula is C28H28N2O6. The molecule has 0 saturated heterocycles. The van der Waals surface area contributed by atoms with Gasteiger partial charge >= 0.3 is 11.9 Å². The highest BCUT2D eigenvalue weighted by molar-refractivity contribution is 5.96. The first-order chi connectivity index (χ1) is 17.1. The molecule has 1 N–H and O–H groups in total. The topological polar surface area (TPSA) is 102 Å². The molecule has 0 aliphatic carbocycles. The number of para-hydroxylation sites is 1. The maximum atomic E-state index is 12.4. The SMILES string of the molecule is CC(=O)Oc1ccc(-c2ccc(C(=O)OCC(=O)N(C)CC(=O)Nc3c(C)cccc3C)cc2)cc1. The van der Waals surface area contributed by atoms with Crippen molar-refractivity contribution in [2.45, 2.75) is 20.8 Å². The number of rotatable bonds is 8. The zero-order valence-corrected chi connectivity index (χ0v) is 20.7. The van der Waals surface area contributed by atoms with Gasteiger partial charge < -0.3 is 19.7 Å². The molecule has 0 radical (unpaired) electrons. The first-order valence-corrected chi connectivity index (χ1v) is 11.3. The van der Waals surface area contributed by atoms with Crippen LogP contribution in [0.1, 0.15) is 28.4 Å². The van der Waals surface area contributed by atoms with E-state index in [-0.39, 0.29) is 12.5 Å². The van der Waals surface area contributed by atoms with Gasteiger partial charge in [0.1, 0.15) is 5.75 Å². The summed E-state index contributed by atoms with van der Waals surface area (Å²) in [7, 11) is 1.47. The number of hydrogen-bond donors (Lipinski definition) is 1. The molecule has 3 aromatic rings. The first-order valence-electron chi connectivity index (χ1n) is 11.3. The summed E-state index contributed by atoms with van der Waals surface area (Å²) in [4.78, 5) is 49.4. The van der Waals surface area contributed by atoms with E-state index in [1.807, 2.05) is 32.0 Å². The van der Waals surface area contributed by atoms with Gasteiger partial charge in [0.15, 0.2) is 6.61 Å². The number of aryl methyl sites for hydroxylation is 2. The van der Waals surface area contributed by atoms with E-state index in [9.17, 15) is 19.2 Å². The molecule has 2 amide bonds. The fourth-order valence-electron chi connectivity index (χ4n) is 3.50. The van der Waals surface area contributed by atoms with Gasteiger partial charge in [-0.25, -0.2) is 4.79 Å². The molecule has 0 heterocycles. The average molecular weight is 489 g/mol. The normalized spacial score (nSPS) is 10.3. The Morgan fingerprint density at radius 2 is 1.39 bits per heavy atom. The highest BCUT2D eigenvalue weighted by Crippen LogP contribution is 2.23. The summed E-state index contributed by atoms with van der Waals surface area (Å²) in [6.45, 7) is 4.47. The number of nitrogens with one attached hydrogen (secondary N) is 1. The molecule has 0 aliphatic rings. The second-order valence-corrected chi connectivity index (χ2v) is 8.34. The minimum Gasteiger partial charge on any atom is -0.452 e. The van der Waals surface area contributed by atoms with Crippen LogP contribution in [0.2, 0.25) is 0 Å². The number of hydrogen-bond acceptors (Lipinski definition) is 6. The summed E-state index contributed by atoms with van der Waals surface area (Å²) in [6, 6.07) is 19.4. The molecule has 186 valence electrons. The summed E-state index contributed by atoms with van der Waals surface area (Å²) >= 11 is 0. The van der Waals surface area contributed by atoms with E-state index in [2.05, 4.69) is 5.32 Å². The largest absolute Gasteiger partial charge is 0.452 e. The van der Waals surface area contributed by atoms with Crippen molar-refractivity contribution in [3.05, 3.63) is 83.4 Å². The minimum atomic E-state index is -0.645. The Labute approximate surface area is 209 Å². The molecule has 8 heteroatoms. The maximum absolute atomic E-state index is 12.4. The standard InChI is InChI=1S/C28H28N2O6/c1-18-6-5-7-19(2)27(18)29-25(32)16-30(4)26(33)17-35-28(34)23-10-8-21(9-11-23)22-12-14-24(15-13-22)36-20(3)31/h5-15H,16-17H2,1-4H3,(H,29,32). The van der Waals surface area contributed by atoms with E-state index in [0.29, 0.717) is 11.3 Å². The van der Waals surface area contributed by atoms with Crippen LogP contribution in [0.3, 0.4) is 0 Å². The summed E-state index contributed by atoms with van der Waals surface area (Å²) in [5.41, 5.74) is 4.60. The molecule has 0 bridgehead atoms. The summed E-state index contributed by atoms with van der Waals surface area (Å²) < 4.78 is 10.2. The number of anilines is 1. The fourth-order valence-corrected chi connectivity index (χ4v) is 3.50. The molecule has 0 spiro atoms. The number of carbonyl (C=O) groups is 4. The molecule has 0 atom stereocenters. The van der Waals surface area contributed by atoms with Gasteiger partial charge in [-0.2, -0.15) is 0 Å². The van der Waals surface area contributed by atoms with Gasteiger partial charge in [-0.15, -0.1) is 0 Å². The minimum absolute atomic E-state index is 0.172. The predicted molar refractivity (Wildman–Crippen MR) is 136 cm³/mol. The average Bonchev–Trinajstić information content (AvgIpc) is 2.85. The van der Waals surface area contributed by atoms with Crippen molar-refractivity contribution in [2.75, 3.05) is 25.5 Å². The van der Waals surface area contributed by atoms with Crippen LogP contribution >= 0.6 is 0 Å². The van der Waals surface area contributed by atoms with Gasteiger partial charge in [-0.1, -0.05) is 42.5 Å². The van der Waals surface area contributed by atoms with Crippen molar-refractivity contribution in [3.8, 4) is 16.9 Å². The lowest BCUT2D eigenvalue weighted by molar-refractivity contribution is -0.136. The smallest absolute Gasteiger partial charge is 0.338 e. The Morgan fingerprint density at radius 1 is 0.833 bits per heavy atom. The molecule has 0 unspecified atom stereocenters. The number of amides is 2. The molecule has 3 rings (SSSR count). The molecule has 8 nitrogen and oxygen atoms in total. The third-order valence-electron chi connectivity index (χ3n) is 5.45. The van der Waals surface area contributed by atoms with E-state index < -0.39 is 24.5 Å². The summed E-state index contributed by atoms with van der Waals surface area (Å²) in [5, 5.41) is 2.82. The Bertz CT molecular complexity index is 1250. The van der Waals surface area contributed by atoms with Crippen LogP contribution in [0.4, 0.5) is 5.69 Å². The van der Waals surface area contributed by atoms with Crippen LogP contribution in [0, 0.1) is 13.8 Å². The predicted octanol–water partition coefficient (Wildman–Crippen LogP) is 4.15. The number of ether oxygens (including phenoxy) is 2. The third-order valence-corrected chi connectivity index (χ3v) is 5.45. The van der Waals surface area contributed by atoms with Crippen LogP contribution in [0.25, 0.3) is 11.1 Å². The van der Waals surface area contributed by atoms with E-state index in [1.165, 1.54) is 18.9 Å². The zero-order chi connectivity index (χ0) is 26.2. The van der Waals surface area contributed by atoms with E-state index in [4.69, 9.17) is 9.47 Å². The lowest BCUT2D eigenvalue weighted by Gasteiger charge is -2.18. The van der Waals surface area contributed by atoms with E-state index in [1.54, 1.807) is 48.5 Å². The number of esters is 2. The van der Waals surface area contributed by atoms with Gasteiger partial charge in [-0.3, -0.25) is 14.4 Å². The van der Waals surface area contributed by atoms with Crippen molar-refractivity contribution in [1.82, 2.24) is 4.90 Å². The van der Waals surface area contributed by atoms with Crippen molar-refractivity contribution in [2.24, 2.45) is 0 Å². The monoisotopic (exact) mass is 488 g/mol. The van der Waals surface area contributed by atoms with E-state index >= 15 is 0 Å². The Kier molecular flexibility index (Phi) is 8.57. The number of carbonyl (C=O) groups excluding carboxylic acids is 4. The molecule has 36 heavy (non-hydrogen) atoms. The highest BCUT2D eigenvalue weighted by Gasteiger charge is 2.17. The Morgan fingerprint density at radius 3 is 1.94 bits per heavy atom. The number of benzene rings is 3.